The summed E-state index contributed by atoms with van der Waals surface area (Å²) in [5, 5.41) is 10.4. The maximum Gasteiger partial charge on any atom is 0.259 e. The third-order valence-corrected chi connectivity index (χ3v) is 2.47. The van der Waals surface area contributed by atoms with Gasteiger partial charge >= 0.3 is 0 Å². The van der Waals surface area contributed by atoms with Gasteiger partial charge in [-0.2, -0.15) is 0 Å². The molecular formula is C9H21N5O. The lowest BCUT2D eigenvalue weighted by molar-refractivity contribution is -0.126. The van der Waals surface area contributed by atoms with E-state index in [0.29, 0.717) is 13.0 Å². The van der Waals surface area contributed by atoms with Crippen molar-refractivity contribution in [2.75, 3.05) is 27.7 Å². The maximum atomic E-state index is 11.1. The zero-order valence-corrected chi connectivity index (χ0v) is 9.63. The standard InChI is InChI=1S/C9H21N5O/c1-5-8(15)14(10)7-6-9(11-2,12-3)13-4/h5,11-13H,1,6-7,10H2,2-4H3. The lowest BCUT2D eigenvalue weighted by Crippen LogP contribution is -2.64. The fraction of sp³-hybridized carbons (Fsp3) is 0.667. The van der Waals surface area contributed by atoms with Gasteiger partial charge in [0.05, 0.1) is 0 Å². The van der Waals surface area contributed by atoms with Gasteiger partial charge in [-0.15, -0.1) is 0 Å². The van der Waals surface area contributed by atoms with Crippen molar-refractivity contribution in [1.82, 2.24) is 21.0 Å². The van der Waals surface area contributed by atoms with Gasteiger partial charge in [0.15, 0.2) is 0 Å². The number of carbonyl (C=O) groups is 1. The molecule has 0 aliphatic rings. The second-order valence-corrected chi connectivity index (χ2v) is 3.14. The van der Waals surface area contributed by atoms with Gasteiger partial charge in [0, 0.05) is 13.0 Å². The predicted molar refractivity (Wildman–Crippen MR) is 60.6 cm³/mol. The number of nitrogens with zero attached hydrogens (tertiary/aromatic N) is 1. The van der Waals surface area contributed by atoms with E-state index in [1.165, 1.54) is 6.08 Å². The molecule has 6 heteroatoms. The third kappa shape index (κ3) is 3.96. The molecule has 0 saturated carbocycles. The molecule has 0 rings (SSSR count). The van der Waals surface area contributed by atoms with Crippen molar-refractivity contribution >= 4 is 5.91 Å². The van der Waals surface area contributed by atoms with Crippen molar-refractivity contribution in [3.8, 4) is 0 Å². The Labute approximate surface area is 90.9 Å². The van der Waals surface area contributed by atoms with Crippen LogP contribution >= 0.6 is 0 Å². The SMILES string of the molecule is C=CC(=O)N(N)CCC(NC)(NC)NC. The van der Waals surface area contributed by atoms with Crippen LogP contribution in [-0.2, 0) is 4.79 Å². The molecule has 0 aliphatic carbocycles. The summed E-state index contributed by atoms with van der Waals surface area (Å²) in [7, 11) is 5.47. The van der Waals surface area contributed by atoms with Crippen LogP contribution < -0.4 is 21.8 Å². The second kappa shape index (κ2) is 6.52. The Morgan fingerprint density at radius 2 is 1.87 bits per heavy atom. The first kappa shape index (κ1) is 14.1. The first-order chi connectivity index (χ1) is 7.05. The van der Waals surface area contributed by atoms with Gasteiger partial charge in [0.1, 0.15) is 5.79 Å². The lowest BCUT2D eigenvalue weighted by atomic mass is 10.2. The van der Waals surface area contributed by atoms with E-state index in [0.717, 1.165) is 5.01 Å². The molecule has 1 amide bonds. The minimum Gasteiger partial charge on any atom is -0.290 e. The van der Waals surface area contributed by atoms with E-state index in [1.807, 2.05) is 21.1 Å². The largest absolute Gasteiger partial charge is 0.290 e. The normalized spacial score (nSPS) is 11.2. The van der Waals surface area contributed by atoms with E-state index in [2.05, 4.69) is 22.5 Å². The van der Waals surface area contributed by atoms with Crippen molar-refractivity contribution in [2.45, 2.75) is 12.2 Å². The minimum atomic E-state index is -0.418. The molecule has 0 spiro atoms. The van der Waals surface area contributed by atoms with Crippen LogP contribution in [0.2, 0.25) is 0 Å². The topological polar surface area (TPSA) is 82.4 Å². The molecule has 0 unspecified atom stereocenters. The molecule has 0 fully saturated rings. The number of hydrogen-bond donors (Lipinski definition) is 4. The highest BCUT2D eigenvalue weighted by molar-refractivity contribution is 5.86. The smallest absolute Gasteiger partial charge is 0.259 e. The lowest BCUT2D eigenvalue weighted by Gasteiger charge is -2.34. The molecule has 0 saturated heterocycles. The second-order valence-electron chi connectivity index (χ2n) is 3.14. The third-order valence-electron chi connectivity index (χ3n) is 2.47. The zero-order chi connectivity index (χ0) is 11.9. The van der Waals surface area contributed by atoms with Crippen LogP contribution in [0.5, 0.6) is 0 Å². The Balaban J connectivity index is 4.21. The van der Waals surface area contributed by atoms with Crippen LogP contribution in [0, 0.1) is 0 Å². The summed E-state index contributed by atoms with van der Waals surface area (Å²) >= 11 is 0. The molecule has 0 aliphatic heterocycles. The number of nitrogens with one attached hydrogen (secondary N) is 3. The molecule has 0 bridgehead atoms. The number of nitrogens with two attached hydrogens (primary N) is 1. The van der Waals surface area contributed by atoms with E-state index >= 15 is 0 Å². The molecular weight excluding hydrogens is 194 g/mol. The molecule has 15 heavy (non-hydrogen) atoms. The van der Waals surface area contributed by atoms with Crippen molar-refractivity contribution in [1.29, 1.82) is 0 Å². The van der Waals surface area contributed by atoms with E-state index in [4.69, 9.17) is 5.84 Å². The number of hydrazine groups is 1. The molecule has 6 nitrogen and oxygen atoms in total. The maximum absolute atomic E-state index is 11.1. The Kier molecular flexibility index (Phi) is 6.11. The Morgan fingerprint density at radius 1 is 1.40 bits per heavy atom. The minimum absolute atomic E-state index is 0.285. The van der Waals surface area contributed by atoms with E-state index in [9.17, 15) is 4.79 Å². The summed E-state index contributed by atoms with van der Waals surface area (Å²) in [6.45, 7) is 3.79. The van der Waals surface area contributed by atoms with Crippen LogP contribution in [0.1, 0.15) is 6.42 Å². The molecule has 5 N–H and O–H groups in total. The highest BCUT2D eigenvalue weighted by atomic mass is 16.2. The summed E-state index contributed by atoms with van der Waals surface area (Å²) in [6, 6.07) is 0. The average Bonchev–Trinajstić information content (AvgIpc) is 2.30. The van der Waals surface area contributed by atoms with Crippen LogP contribution in [0.4, 0.5) is 0 Å². The monoisotopic (exact) mass is 215 g/mol. The molecule has 0 radical (unpaired) electrons. The summed E-state index contributed by atoms with van der Waals surface area (Å²) in [4.78, 5) is 11.1. The fourth-order valence-electron chi connectivity index (χ4n) is 1.27. The number of amides is 1. The van der Waals surface area contributed by atoms with Gasteiger partial charge in [-0.3, -0.25) is 25.8 Å². The Bertz CT molecular complexity index is 206. The Hall–Kier alpha value is -0.950. The predicted octanol–water partition coefficient (Wildman–Crippen LogP) is -1.42. The molecule has 0 aromatic carbocycles. The van der Waals surface area contributed by atoms with Crippen molar-refractivity contribution in [3.05, 3.63) is 12.7 Å². The molecule has 88 valence electrons. The van der Waals surface area contributed by atoms with Crippen LogP contribution in [-0.4, -0.2) is 44.4 Å². The van der Waals surface area contributed by atoms with E-state index in [1.54, 1.807) is 0 Å². The highest BCUT2D eigenvalue weighted by Crippen LogP contribution is 2.00. The van der Waals surface area contributed by atoms with Crippen LogP contribution in [0.15, 0.2) is 12.7 Å². The summed E-state index contributed by atoms with van der Waals surface area (Å²) in [6.07, 6.45) is 1.83. The van der Waals surface area contributed by atoms with E-state index in [-0.39, 0.29) is 5.91 Å². The number of carbonyl (C=O) groups excluding carboxylic acids is 1. The van der Waals surface area contributed by atoms with Gasteiger partial charge in [-0.1, -0.05) is 6.58 Å². The number of hydrogen-bond acceptors (Lipinski definition) is 5. The molecule has 0 heterocycles. The van der Waals surface area contributed by atoms with Crippen molar-refractivity contribution in [3.63, 3.8) is 0 Å². The highest BCUT2D eigenvalue weighted by Gasteiger charge is 2.24. The first-order valence-corrected chi connectivity index (χ1v) is 4.80. The van der Waals surface area contributed by atoms with Crippen molar-refractivity contribution < 1.29 is 4.79 Å². The Morgan fingerprint density at radius 3 is 2.20 bits per heavy atom. The summed E-state index contributed by atoms with van der Waals surface area (Å²) in [5.41, 5.74) is 0. The quantitative estimate of drug-likeness (QED) is 0.138. The van der Waals surface area contributed by atoms with Crippen LogP contribution in [0.3, 0.4) is 0 Å². The average molecular weight is 215 g/mol. The van der Waals surface area contributed by atoms with Gasteiger partial charge < -0.3 is 0 Å². The molecule has 0 atom stereocenters. The van der Waals surface area contributed by atoms with Gasteiger partial charge in [-0.05, 0) is 27.2 Å². The van der Waals surface area contributed by atoms with Gasteiger partial charge in [0.2, 0.25) is 0 Å². The van der Waals surface area contributed by atoms with Crippen LogP contribution in [0.25, 0.3) is 0 Å². The van der Waals surface area contributed by atoms with E-state index < -0.39 is 5.79 Å². The molecule has 0 aromatic heterocycles. The fourth-order valence-corrected chi connectivity index (χ4v) is 1.27. The van der Waals surface area contributed by atoms with Crippen molar-refractivity contribution in [2.24, 2.45) is 5.84 Å². The molecule has 0 aromatic rings. The van der Waals surface area contributed by atoms with Gasteiger partial charge in [0.25, 0.3) is 5.91 Å². The zero-order valence-electron chi connectivity index (χ0n) is 9.63. The summed E-state index contributed by atoms with van der Waals surface area (Å²) in [5.74, 6) is 4.83. The number of rotatable bonds is 7. The summed E-state index contributed by atoms with van der Waals surface area (Å²) < 4.78 is 0. The van der Waals surface area contributed by atoms with Gasteiger partial charge in [-0.25, -0.2) is 5.84 Å². The first-order valence-electron chi connectivity index (χ1n) is 4.80.